The molecule has 1 aliphatic heterocycles. The van der Waals surface area contributed by atoms with Crippen molar-refractivity contribution in [1.29, 1.82) is 0 Å². The number of carbonyl (C=O) groups excluding carboxylic acids is 1. The number of aliphatic hydroxyl groups excluding tert-OH is 2. The van der Waals surface area contributed by atoms with Gasteiger partial charge in [-0.15, -0.1) is 0 Å². The van der Waals surface area contributed by atoms with Gasteiger partial charge in [-0.2, -0.15) is 4.98 Å². The molecule has 11 heteroatoms. The van der Waals surface area contributed by atoms with Crippen molar-refractivity contribution in [2.75, 3.05) is 21.7 Å². The molecule has 1 saturated heterocycles. The average molecular weight is 510 g/mol. The summed E-state index contributed by atoms with van der Waals surface area (Å²) in [6.45, 7) is 2.09. The SMILES string of the molecule is Cc1cc(N2CC(=O)N(c3ccnc4nc(Cl)ccc34)C2C2CC2)nc(NC2CC(O)CC(O)C2)n1. The number of hydrogen-bond donors (Lipinski definition) is 3. The first-order valence-corrected chi connectivity index (χ1v) is 12.7. The first-order chi connectivity index (χ1) is 17.4. The summed E-state index contributed by atoms with van der Waals surface area (Å²) in [5.41, 5.74) is 2.04. The Morgan fingerprint density at radius 3 is 2.58 bits per heavy atom. The number of hydrogen-bond acceptors (Lipinski definition) is 9. The Hall–Kier alpha value is -3.08. The van der Waals surface area contributed by atoms with E-state index >= 15 is 0 Å². The van der Waals surface area contributed by atoms with Crippen LogP contribution in [0, 0.1) is 12.8 Å². The van der Waals surface area contributed by atoms with Gasteiger partial charge in [-0.05, 0) is 63.1 Å². The van der Waals surface area contributed by atoms with Crippen molar-refractivity contribution in [3.05, 3.63) is 41.3 Å². The van der Waals surface area contributed by atoms with Gasteiger partial charge in [0.25, 0.3) is 0 Å². The maximum atomic E-state index is 13.5. The van der Waals surface area contributed by atoms with E-state index in [1.807, 2.05) is 30.0 Å². The first kappa shape index (κ1) is 23.3. The van der Waals surface area contributed by atoms with Crippen LogP contribution in [0.4, 0.5) is 17.5 Å². The van der Waals surface area contributed by atoms with E-state index in [9.17, 15) is 15.0 Å². The van der Waals surface area contributed by atoms with E-state index in [0.29, 0.717) is 47.7 Å². The van der Waals surface area contributed by atoms with Crippen LogP contribution in [0.1, 0.15) is 37.8 Å². The van der Waals surface area contributed by atoms with Gasteiger partial charge in [-0.1, -0.05) is 11.6 Å². The molecule has 3 aliphatic rings. The average Bonchev–Trinajstić information content (AvgIpc) is 3.59. The maximum Gasteiger partial charge on any atom is 0.248 e. The summed E-state index contributed by atoms with van der Waals surface area (Å²) in [5.74, 6) is 1.42. The van der Waals surface area contributed by atoms with Crippen LogP contribution in [-0.2, 0) is 4.79 Å². The van der Waals surface area contributed by atoms with Crippen LogP contribution in [0.15, 0.2) is 30.5 Å². The largest absolute Gasteiger partial charge is 0.393 e. The number of amides is 1. The second-order valence-corrected chi connectivity index (χ2v) is 10.4. The molecule has 2 aliphatic carbocycles. The van der Waals surface area contributed by atoms with Gasteiger partial charge in [0.2, 0.25) is 11.9 Å². The van der Waals surface area contributed by atoms with Gasteiger partial charge in [0, 0.05) is 29.4 Å². The summed E-state index contributed by atoms with van der Waals surface area (Å²) in [7, 11) is 0. The smallest absolute Gasteiger partial charge is 0.248 e. The van der Waals surface area contributed by atoms with Crippen molar-refractivity contribution in [3.8, 4) is 0 Å². The lowest BCUT2D eigenvalue weighted by molar-refractivity contribution is -0.116. The number of aliphatic hydroxyl groups is 2. The predicted octanol–water partition coefficient (Wildman–Crippen LogP) is 2.66. The Bertz CT molecular complexity index is 1310. The number of nitrogens with zero attached hydrogens (tertiary/aromatic N) is 6. The lowest BCUT2D eigenvalue weighted by Gasteiger charge is -2.32. The van der Waals surface area contributed by atoms with Gasteiger partial charge in [0.1, 0.15) is 23.7 Å². The Morgan fingerprint density at radius 1 is 1.06 bits per heavy atom. The van der Waals surface area contributed by atoms with E-state index in [2.05, 4.69) is 25.2 Å². The highest BCUT2D eigenvalue weighted by molar-refractivity contribution is 6.29. The zero-order valence-corrected chi connectivity index (χ0v) is 20.6. The summed E-state index contributed by atoms with van der Waals surface area (Å²) in [6, 6.07) is 7.19. The van der Waals surface area contributed by atoms with Crippen LogP contribution in [0.2, 0.25) is 5.15 Å². The predicted molar refractivity (Wildman–Crippen MR) is 136 cm³/mol. The molecule has 2 saturated carbocycles. The molecule has 0 spiro atoms. The van der Waals surface area contributed by atoms with Gasteiger partial charge in [-0.3, -0.25) is 9.69 Å². The second kappa shape index (κ2) is 9.10. The number of nitrogens with one attached hydrogen (secondary N) is 1. The first-order valence-electron chi connectivity index (χ1n) is 12.3. The molecule has 0 aromatic carbocycles. The molecule has 3 aromatic heterocycles. The number of anilines is 3. The molecule has 6 rings (SSSR count). The van der Waals surface area contributed by atoms with E-state index in [1.165, 1.54) is 0 Å². The number of aromatic nitrogens is 4. The summed E-state index contributed by atoms with van der Waals surface area (Å²) in [5, 5.41) is 24.5. The molecule has 36 heavy (non-hydrogen) atoms. The van der Waals surface area contributed by atoms with Crippen LogP contribution < -0.4 is 15.1 Å². The minimum absolute atomic E-state index is 0.0151. The molecule has 3 atom stereocenters. The number of rotatable bonds is 5. The molecule has 4 heterocycles. The number of aryl methyl sites for hydroxylation is 1. The molecule has 0 radical (unpaired) electrons. The third kappa shape index (κ3) is 4.44. The third-order valence-corrected chi connectivity index (χ3v) is 7.34. The molecular weight excluding hydrogens is 482 g/mol. The van der Waals surface area contributed by atoms with Crippen molar-refractivity contribution in [3.63, 3.8) is 0 Å². The highest BCUT2D eigenvalue weighted by atomic mass is 35.5. The second-order valence-electron chi connectivity index (χ2n) is 10.0. The standard InChI is InChI=1S/C25H28ClN7O3/c1-13-8-21(31-25(28-13)29-15-9-16(34)11-17(35)10-15)32-12-22(36)33(24(32)14-2-3-14)19-6-7-27-23-18(19)4-5-20(26)30-23/h4-8,14-17,24,34-35H,2-3,9-12H2,1H3,(H,28,29,31). The molecule has 10 nitrogen and oxygen atoms in total. The third-order valence-electron chi connectivity index (χ3n) is 7.13. The maximum absolute atomic E-state index is 13.5. The fourth-order valence-corrected chi connectivity index (χ4v) is 5.62. The minimum atomic E-state index is -0.556. The fourth-order valence-electron chi connectivity index (χ4n) is 5.48. The number of halogens is 1. The van der Waals surface area contributed by atoms with E-state index in [0.717, 1.165) is 29.6 Å². The highest BCUT2D eigenvalue weighted by Gasteiger charge is 2.48. The van der Waals surface area contributed by atoms with Crippen LogP contribution in [0.25, 0.3) is 11.0 Å². The lowest BCUT2D eigenvalue weighted by atomic mass is 9.91. The Balaban J connectivity index is 1.34. The summed E-state index contributed by atoms with van der Waals surface area (Å²) >= 11 is 6.08. The van der Waals surface area contributed by atoms with Gasteiger partial charge in [0.15, 0.2) is 5.65 Å². The molecule has 3 fully saturated rings. The van der Waals surface area contributed by atoms with Crippen LogP contribution in [0.5, 0.6) is 0 Å². The van der Waals surface area contributed by atoms with Gasteiger partial charge in [-0.25, -0.2) is 15.0 Å². The zero-order valence-electron chi connectivity index (χ0n) is 19.9. The monoisotopic (exact) mass is 509 g/mol. The van der Waals surface area contributed by atoms with E-state index < -0.39 is 12.2 Å². The quantitative estimate of drug-likeness (QED) is 0.444. The highest BCUT2D eigenvalue weighted by Crippen LogP contribution is 2.44. The Labute approximate surface area is 213 Å². The van der Waals surface area contributed by atoms with Crippen LogP contribution in [-0.4, -0.2) is 67.0 Å². The van der Waals surface area contributed by atoms with Gasteiger partial charge >= 0.3 is 0 Å². The molecular formula is C25H28ClN7O3. The summed E-state index contributed by atoms with van der Waals surface area (Å²) < 4.78 is 0. The lowest BCUT2D eigenvalue weighted by Crippen LogP contribution is -2.42. The molecule has 3 N–H and O–H groups in total. The molecule has 1 amide bonds. The molecule has 3 aromatic rings. The van der Waals surface area contributed by atoms with Crippen LogP contribution in [0.3, 0.4) is 0 Å². The van der Waals surface area contributed by atoms with Crippen molar-refractivity contribution in [2.45, 2.75) is 63.4 Å². The van der Waals surface area contributed by atoms with Gasteiger partial charge < -0.3 is 20.4 Å². The van der Waals surface area contributed by atoms with E-state index in [-0.39, 0.29) is 24.7 Å². The molecule has 0 bridgehead atoms. The topological polar surface area (TPSA) is 128 Å². The van der Waals surface area contributed by atoms with E-state index in [4.69, 9.17) is 16.6 Å². The van der Waals surface area contributed by atoms with Crippen molar-refractivity contribution in [1.82, 2.24) is 19.9 Å². The zero-order chi connectivity index (χ0) is 25.0. The number of pyridine rings is 2. The van der Waals surface area contributed by atoms with Crippen molar-refractivity contribution < 1.29 is 15.0 Å². The number of fused-ring (bicyclic) bond motifs is 1. The molecule has 3 unspecified atom stereocenters. The summed E-state index contributed by atoms with van der Waals surface area (Å²) in [4.78, 5) is 35.4. The fraction of sp³-hybridized carbons (Fsp3) is 0.480. The molecule has 188 valence electrons. The minimum Gasteiger partial charge on any atom is -0.393 e. The van der Waals surface area contributed by atoms with Crippen molar-refractivity contribution in [2.24, 2.45) is 5.92 Å². The van der Waals surface area contributed by atoms with Crippen molar-refractivity contribution >= 4 is 46.0 Å². The summed E-state index contributed by atoms with van der Waals surface area (Å²) in [6.07, 6.45) is 3.87. The van der Waals surface area contributed by atoms with E-state index in [1.54, 1.807) is 12.3 Å². The van der Waals surface area contributed by atoms with Gasteiger partial charge in [0.05, 0.1) is 17.9 Å². The Kier molecular flexibility index (Phi) is 5.89. The number of carbonyl (C=O) groups is 1. The van der Waals surface area contributed by atoms with Crippen LogP contribution >= 0.6 is 11.6 Å². The Morgan fingerprint density at radius 2 is 1.83 bits per heavy atom. The normalized spacial score (nSPS) is 26.6.